The van der Waals surface area contributed by atoms with Gasteiger partial charge in [-0.2, -0.15) is 4.98 Å². The third-order valence-corrected chi connectivity index (χ3v) is 9.15. The van der Waals surface area contributed by atoms with Gasteiger partial charge < -0.3 is 15.0 Å². The number of aromatic nitrogens is 3. The molecule has 6 rings (SSSR count). The predicted molar refractivity (Wildman–Crippen MR) is 128 cm³/mol. The highest BCUT2D eigenvalue weighted by Crippen LogP contribution is 2.38. The minimum absolute atomic E-state index is 0.567. The van der Waals surface area contributed by atoms with Crippen LogP contribution in [-0.2, 0) is 22.0 Å². The lowest BCUT2D eigenvalue weighted by molar-refractivity contribution is -0.113. The van der Waals surface area contributed by atoms with E-state index in [1.807, 2.05) is 12.1 Å². The average Bonchev–Trinajstić information content (AvgIpc) is 3.40. The standard InChI is InChI=1S/C23H23N5O2S2/c29-14-23(9-3-10-23)27-20-19-17(8-13-32(19)30)25-22(26-20)28-11-6-15(7-12-28)21-24-16-4-1-2-5-18(16)31-21/h1-2,4-6,14H,3,7-13H2,(H,25,26,27)/t32-/m1/s1. The Bertz CT molecular complexity index is 1250. The fourth-order valence-corrected chi connectivity index (χ4v) is 6.87. The van der Waals surface area contributed by atoms with Gasteiger partial charge in [-0.3, -0.25) is 4.21 Å². The topological polar surface area (TPSA) is 88.1 Å². The summed E-state index contributed by atoms with van der Waals surface area (Å²) in [6, 6.07) is 8.22. The Morgan fingerprint density at radius 1 is 1.16 bits per heavy atom. The number of aldehydes is 1. The maximum absolute atomic E-state index is 12.6. The van der Waals surface area contributed by atoms with Gasteiger partial charge >= 0.3 is 0 Å². The first kappa shape index (κ1) is 20.0. The number of aryl methyl sites for hydroxylation is 1. The van der Waals surface area contributed by atoms with Gasteiger partial charge in [-0.1, -0.05) is 18.2 Å². The molecule has 0 bridgehead atoms. The third kappa shape index (κ3) is 3.34. The van der Waals surface area contributed by atoms with Crippen LogP contribution in [0.25, 0.3) is 15.8 Å². The molecule has 164 valence electrons. The summed E-state index contributed by atoms with van der Waals surface area (Å²) in [5.74, 6) is 1.79. The lowest BCUT2D eigenvalue weighted by atomic mass is 9.78. The van der Waals surface area contributed by atoms with Crippen molar-refractivity contribution >= 4 is 56.0 Å². The second-order valence-corrected chi connectivity index (χ2v) is 11.2. The Morgan fingerprint density at radius 2 is 2.03 bits per heavy atom. The van der Waals surface area contributed by atoms with Crippen LogP contribution in [-0.4, -0.2) is 49.8 Å². The number of hydrogen-bond donors (Lipinski definition) is 1. The molecule has 0 saturated heterocycles. The molecular formula is C23H23N5O2S2. The summed E-state index contributed by atoms with van der Waals surface area (Å²) in [5.41, 5.74) is 2.57. The predicted octanol–water partition coefficient (Wildman–Crippen LogP) is 3.58. The number of rotatable bonds is 5. The van der Waals surface area contributed by atoms with Gasteiger partial charge in [-0.05, 0) is 43.4 Å². The van der Waals surface area contributed by atoms with E-state index in [0.717, 1.165) is 54.7 Å². The van der Waals surface area contributed by atoms with E-state index >= 15 is 0 Å². The fraction of sp³-hybridized carbons (Fsp3) is 0.391. The van der Waals surface area contributed by atoms with Crippen molar-refractivity contribution in [3.8, 4) is 0 Å². The number of anilines is 2. The molecule has 1 N–H and O–H groups in total. The first-order valence-corrected chi connectivity index (χ1v) is 13.1. The summed E-state index contributed by atoms with van der Waals surface area (Å²) >= 11 is 1.73. The van der Waals surface area contributed by atoms with Gasteiger partial charge in [0.1, 0.15) is 22.0 Å². The second-order valence-electron chi connectivity index (χ2n) is 8.61. The molecule has 1 aromatic carbocycles. The molecule has 1 aliphatic carbocycles. The van der Waals surface area contributed by atoms with E-state index in [-0.39, 0.29) is 0 Å². The number of carbonyl (C=O) groups is 1. The van der Waals surface area contributed by atoms with Gasteiger partial charge in [0.25, 0.3) is 0 Å². The maximum atomic E-state index is 12.6. The Morgan fingerprint density at radius 3 is 2.75 bits per heavy atom. The molecule has 4 heterocycles. The first-order chi connectivity index (χ1) is 15.6. The minimum Gasteiger partial charge on any atom is -0.357 e. The molecule has 3 aromatic rings. The van der Waals surface area contributed by atoms with Crippen LogP contribution in [0.15, 0.2) is 35.2 Å². The Hall–Kier alpha value is -2.65. The van der Waals surface area contributed by atoms with Gasteiger partial charge in [0.15, 0.2) is 0 Å². The van der Waals surface area contributed by atoms with E-state index in [4.69, 9.17) is 15.0 Å². The molecule has 0 spiro atoms. The zero-order chi connectivity index (χ0) is 21.7. The SMILES string of the molecule is O=CC1(Nc2nc(N3CC=C(c4nc5ccccc5s4)CC3)nc3c2[S@](=O)CC3)CCC1. The summed E-state index contributed by atoms with van der Waals surface area (Å²) < 4.78 is 13.8. The number of nitrogens with zero attached hydrogens (tertiary/aromatic N) is 4. The highest BCUT2D eigenvalue weighted by Gasteiger charge is 2.39. The number of carbonyl (C=O) groups excluding carboxylic acids is 1. The van der Waals surface area contributed by atoms with Crippen LogP contribution in [0.2, 0.25) is 0 Å². The van der Waals surface area contributed by atoms with Crippen molar-refractivity contribution in [3.63, 3.8) is 0 Å². The van der Waals surface area contributed by atoms with Gasteiger partial charge in [0, 0.05) is 25.3 Å². The fourth-order valence-electron chi connectivity index (χ4n) is 4.53. The van der Waals surface area contributed by atoms with E-state index in [2.05, 4.69) is 28.4 Å². The summed E-state index contributed by atoms with van der Waals surface area (Å²) in [5, 5.41) is 4.42. The summed E-state index contributed by atoms with van der Waals surface area (Å²) in [6.45, 7) is 1.49. The van der Waals surface area contributed by atoms with Crippen LogP contribution in [0.4, 0.5) is 11.8 Å². The van der Waals surface area contributed by atoms with Crippen molar-refractivity contribution in [1.82, 2.24) is 15.0 Å². The molecule has 32 heavy (non-hydrogen) atoms. The molecule has 0 unspecified atom stereocenters. The number of para-hydroxylation sites is 1. The zero-order valence-electron chi connectivity index (χ0n) is 17.5. The molecule has 0 radical (unpaired) electrons. The molecule has 9 heteroatoms. The van der Waals surface area contributed by atoms with Crippen molar-refractivity contribution in [2.75, 3.05) is 29.1 Å². The van der Waals surface area contributed by atoms with Crippen LogP contribution in [0.3, 0.4) is 0 Å². The number of nitrogens with one attached hydrogen (secondary N) is 1. The normalized spacial score (nSPS) is 21.7. The van der Waals surface area contributed by atoms with Crippen molar-refractivity contribution in [3.05, 3.63) is 41.0 Å². The van der Waals surface area contributed by atoms with Crippen LogP contribution in [0.5, 0.6) is 0 Å². The van der Waals surface area contributed by atoms with Crippen molar-refractivity contribution in [2.24, 2.45) is 0 Å². The van der Waals surface area contributed by atoms with Crippen LogP contribution < -0.4 is 10.2 Å². The summed E-state index contributed by atoms with van der Waals surface area (Å²) in [6.07, 6.45) is 7.33. The molecular weight excluding hydrogens is 442 g/mol. The molecule has 0 amide bonds. The van der Waals surface area contributed by atoms with Crippen LogP contribution in [0, 0.1) is 0 Å². The monoisotopic (exact) mass is 465 g/mol. The largest absolute Gasteiger partial charge is 0.357 e. The quantitative estimate of drug-likeness (QED) is 0.576. The second kappa shape index (κ2) is 7.74. The van der Waals surface area contributed by atoms with E-state index in [1.165, 1.54) is 10.3 Å². The smallest absolute Gasteiger partial charge is 0.227 e. The highest BCUT2D eigenvalue weighted by atomic mass is 32.2. The van der Waals surface area contributed by atoms with Crippen molar-refractivity contribution < 1.29 is 9.00 Å². The Kier molecular flexibility index (Phi) is 4.83. The molecule has 1 fully saturated rings. The number of thiazole rings is 1. The zero-order valence-corrected chi connectivity index (χ0v) is 19.2. The lowest BCUT2D eigenvalue weighted by Gasteiger charge is -2.38. The van der Waals surface area contributed by atoms with Crippen LogP contribution >= 0.6 is 11.3 Å². The van der Waals surface area contributed by atoms with Crippen molar-refractivity contribution in [1.29, 1.82) is 0 Å². The number of fused-ring (bicyclic) bond motifs is 2. The van der Waals surface area contributed by atoms with Gasteiger partial charge in [-0.25, -0.2) is 9.97 Å². The molecule has 3 aliphatic rings. The van der Waals surface area contributed by atoms with Crippen molar-refractivity contribution in [2.45, 2.75) is 42.5 Å². The molecule has 7 nitrogen and oxygen atoms in total. The van der Waals surface area contributed by atoms with Gasteiger partial charge in [-0.15, -0.1) is 11.3 Å². The third-order valence-electron chi connectivity index (χ3n) is 6.58. The molecule has 1 saturated carbocycles. The van der Waals surface area contributed by atoms with Gasteiger partial charge in [0.2, 0.25) is 5.95 Å². The van der Waals surface area contributed by atoms with E-state index in [0.29, 0.717) is 35.4 Å². The molecule has 2 aromatic heterocycles. The Balaban J connectivity index is 1.29. The highest BCUT2D eigenvalue weighted by molar-refractivity contribution is 7.85. The van der Waals surface area contributed by atoms with Gasteiger partial charge in [0.05, 0.1) is 32.2 Å². The number of benzene rings is 1. The first-order valence-electron chi connectivity index (χ1n) is 11.0. The molecule has 1 atom stereocenters. The van der Waals surface area contributed by atoms with E-state index in [9.17, 15) is 9.00 Å². The van der Waals surface area contributed by atoms with E-state index in [1.54, 1.807) is 11.3 Å². The maximum Gasteiger partial charge on any atom is 0.227 e. The molecule has 2 aliphatic heterocycles. The van der Waals surface area contributed by atoms with E-state index < -0.39 is 16.3 Å². The lowest BCUT2D eigenvalue weighted by Crippen LogP contribution is -2.47. The average molecular weight is 466 g/mol. The number of hydrogen-bond acceptors (Lipinski definition) is 8. The summed E-state index contributed by atoms with van der Waals surface area (Å²) in [4.78, 5) is 28.9. The minimum atomic E-state index is -1.12. The summed E-state index contributed by atoms with van der Waals surface area (Å²) in [7, 11) is -1.12. The Labute approximate surface area is 192 Å². The van der Waals surface area contributed by atoms with Crippen LogP contribution in [0.1, 0.15) is 36.4 Å².